The van der Waals surface area contributed by atoms with Crippen molar-refractivity contribution in [3.8, 4) is 0 Å². The van der Waals surface area contributed by atoms with E-state index in [-0.39, 0.29) is 25.6 Å². The van der Waals surface area contributed by atoms with Crippen molar-refractivity contribution in [3.63, 3.8) is 0 Å². The van der Waals surface area contributed by atoms with Crippen molar-refractivity contribution in [3.05, 3.63) is 0 Å². The molecule has 0 bridgehead atoms. The molecule has 0 saturated carbocycles. The molecule has 0 aliphatic heterocycles. The summed E-state index contributed by atoms with van der Waals surface area (Å²) in [6.07, 6.45) is -0.792. The first-order valence-corrected chi connectivity index (χ1v) is 3.77. The molecular formula is C7H16N2O3. The summed E-state index contributed by atoms with van der Waals surface area (Å²) in [7, 11) is 3.32. The zero-order valence-electron chi connectivity index (χ0n) is 7.45. The van der Waals surface area contributed by atoms with Crippen molar-refractivity contribution in [2.45, 2.75) is 6.10 Å². The van der Waals surface area contributed by atoms with Crippen molar-refractivity contribution in [2.24, 2.45) is 0 Å². The fraction of sp³-hybridized carbons (Fsp3) is 0.857. The highest BCUT2D eigenvalue weighted by Gasteiger charge is 2.04. The number of amides is 1. The Labute approximate surface area is 72.0 Å². The Morgan fingerprint density at radius 1 is 1.58 bits per heavy atom. The van der Waals surface area contributed by atoms with Crippen LogP contribution in [0.1, 0.15) is 0 Å². The van der Waals surface area contributed by atoms with Crippen LogP contribution in [0.2, 0.25) is 0 Å². The Balaban J connectivity index is 3.37. The first-order chi connectivity index (χ1) is 5.57. The highest BCUT2D eigenvalue weighted by Crippen LogP contribution is 1.78. The molecule has 3 N–H and O–H groups in total. The lowest BCUT2D eigenvalue weighted by atomic mass is 10.4. The molecule has 0 aliphatic rings. The van der Waals surface area contributed by atoms with Crippen molar-refractivity contribution < 1.29 is 15.0 Å². The summed E-state index contributed by atoms with van der Waals surface area (Å²) in [4.78, 5) is 12.4. The van der Waals surface area contributed by atoms with Crippen LogP contribution in [-0.2, 0) is 4.79 Å². The van der Waals surface area contributed by atoms with Gasteiger partial charge >= 0.3 is 0 Å². The SMILES string of the molecule is CN(C)C(=O)CNCC(O)CO. The molecule has 0 aromatic rings. The van der Waals surface area contributed by atoms with Gasteiger partial charge in [-0.15, -0.1) is 0 Å². The smallest absolute Gasteiger partial charge is 0.236 e. The first-order valence-electron chi connectivity index (χ1n) is 3.77. The van der Waals surface area contributed by atoms with Crippen molar-refractivity contribution in [2.75, 3.05) is 33.8 Å². The van der Waals surface area contributed by atoms with Gasteiger partial charge in [-0.1, -0.05) is 0 Å². The van der Waals surface area contributed by atoms with Crippen LogP contribution in [-0.4, -0.2) is 60.9 Å². The summed E-state index contributed by atoms with van der Waals surface area (Å²) in [5, 5.41) is 20.0. The van der Waals surface area contributed by atoms with E-state index in [1.165, 1.54) is 4.90 Å². The van der Waals surface area contributed by atoms with Crippen LogP contribution in [0.15, 0.2) is 0 Å². The molecule has 0 aliphatic carbocycles. The van der Waals surface area contributed by atoms with E-state index in [9.17, 15) is 4.79 Å². The molecule has 0 aromatic heterocycles. The molecule has 0 fully saturated rings. The number of carbonyl (C=O) groups excluding carboxylic acids is 1. The number of nitrogens with zero attached hydrogens (tertiary/aromatic N) is 1. The van der Waals surface area contributed by atoms with Crippen molar-refractivity contribution in [1.82, 2.24) is 10.2 Å². The fourth-order valence-corrected chi connectivity index (χ4v) is 0.568. The number of aliphatic hydroxyl groups is 2. The molecule has 0 rings (SSSR count). The van der Waals surface area contributed by atoms with Crippen LogP contribution >= 0.6 is 0 Å². The second-order valence-corrected chi connectivity index (χ2v) is 2.76. The third-order valence-electron chi connectivity index (χ3n) is 1.37. The average molecular weight is 176 g/mol. The van der Waals surface area contributed by atoms with Gasteiger partial charge in [-0.3, -0.25) is 4.79 Å². The second kappa shape index (κ2) is 5.93. The maximum absolute atomic E-state index is 10.9. The van der Waals surface area contributed by atoms with E-state index in [0.717, 1.165) is 0 Å². The standard InChI is InChI=1S/C7H16N2O3/c1-9(2)7(12)4-8-3-6(11)5-10/h6,8,10-11H,3-5H2,1-2H3. The minimum Gasteiger partial charge on any atom is -0.394 e. The summed E-state index contributed by atoms with van der Waals surface area (Å²) in [6, 6.07) is 0. The highest BCUT2D eigenvalue weighted by atomic mass is 16.3. The van der Waals surface area contributed by atoms with Gasteiger partial charge in [-0.2, -0.15) is 0 Å². The number of hydrogen-bond donors (Lipinski definition) is 3. The van der Waals surface area contributed by atoms with Gasteiger partial charge in [0.1, 0.15) is 0 Å². The van der Waals surface area contributed by atoms with Crippen LogP contribution in [0.4, 0.5) is 0 Å². The maximum atomic E-state index is 10.9. The van der Waals surface area contributed by atoms with Crippen LogP contribution in [0.25, 0.3) is 0 Å². The number of likely N-dealkylation sites (N-methyl/N-ethyl adjacent to an activating group) is 1. The lowest BCUT2D eigenvalue weighted by Gasteiger charge is -2.12. The monoisotopic (exact) mass is 176 g/mol. The lowest BCUT2D eigenvalue weighted by Crippen LogP contribution is -2.37. The normalized spacial score (nSPS) is 12.7. The van der Waals surface area contributed by atoms with Crippen LogP contribution in [0, 0.1) is 0 Å². The predicted molar refractivity (Wildman–Crippen MR) is 44.7 cm³/mol. The first kappa shape index (κ1) is 11.4. The van der Waals surface area contributed by atoms with Gasteiger partial charge in [0.05, 0.1) is 19.3 Å². The molecule has 1 unspecified atom stereocenters. The molecule has 1 atom stereocenters. The molecule has 0 radical (unpaired) electrons. The minimum atomic E-state index is -0.792. The fourth-order valence-electron chi connectivity index (χ4n) is 0.568. The topological polar surface area (TPSA) is 72.8 Å². The average Bonchev–Trinajstić information content (AvgIpc) is 2.03. The van der Waals surface area contributed by atoms with E-state index in [4.69, 9.17) is 10.2 Å². The van der Waals surface area contributed by atoms with Crippen molar-refractivity contribution >= 4 is 5.91 Å². The van der Waals surface area contributed by atoms with Gasteiger partial charge in [0.2, 0.25) is 5.91 Å². The molecule has 0 saturated heterocycles. The van der Waals surface area contributed by atoms with Gasteiger partial charge in [0.25, 0.3) is 0 Å². The molecule has 72 valence electrons. The van der Waals surface area contributed by atoms with E-state index in [2.05, 4.69) is 5.32 Å². The zero-order chi connectivity index (χ0) is 9.56. The molecule has 0 heterocycles. The number of carbonyl (C=O) groups is 1. The van der Waals surface area contributed by atoms with Gasteiger partial charge in [-0.25, -0.2) is 0 Å². The van der Waals surface area contributed by atoms with E-state index in [1.54, 1.807) is 14.1 Å². The third kappa shape index (κ3) is 5.06. The van der Waals surface area contributed by atoms with Gasteiger partial charge in [0, 0.05) is 20.6 Å². The summed E-state index contributed by atoms with van der Waals surface area (Å²) in [5.74, 6) is -0.0554. The van der Waals surface area contributed by atoms with Crippen molar-refractivity contribution in [1.29, 1.82) is 0 Å². The molecule has 5 heteroatoms. The largest absolute Gasteiger partial charge is 0.394 e. The molecule has 1 amide bonds. The van der Waals surface area contributed by atoms with Crippen LogP contribution in [0.5, 0.6) is 0 Å². The molecule has 5 nitrogen and oxygen atoms in total. The lowest BCUT2D eigenvalue weighted by molar-refractivity contribution is -0.127. The Kier molecular flexibility index (Phi) is 5.61. The Bertz CT molecular complexity index is 139. The van der Waals surface area contributed by atoms with Crippen LogP contribution in [0.3, 0.4) is 0 Å². The predicted octanol–water partition coefficient (Wildman–Crippen LogP) is -1.98. The van der Waals surface area contributed by atoms with Gasteiger partial charge < -0.3 is 20.4 Å². The van der Waals surface area contributed by atoms with Gasteiger partial charge in [-0.05, 0) is 0 Å². The quantitative estimate of drug-likeness (QED) is 0.454. The van der Waals surface area contributed by atoms with E-state index < -0.39 is 6.10 Å². The summed E-state index contributed by atoms with van der Waals surface area (Å²) in [6.45, 7) is 0.128. The van der Waals surface area contributed by atoms with E-state index in [0.29, 0.717) is 0 Å². The number of nitrogens with one attached hydrogen (secondary N) is 1. The number of hydrogen-bond acceptors (Lipinski definition) is 4. The summed E-state index contributed by atoms with van der Waals surface area (Å²) in [5.41, 5.74) is 0. The Hall–Kier alpha value is -0.650. The second-order valence-electron chi connectivity index (χ2n) is 2.76. The third-order valence-corrected chi connectivity index (χ3v) is 1.37. The Morgan fingerprint density at radius 2 is 2.17 bits per heavy atom. The number of aliphatic hydroxyl groups excluding tert-OH is 2. The van der Waals surface area contributed by atoms with Gasteiger partial charge in [0.15, 0.2) is 0 Å². The summed E-state index contributed by atoms with van der Waals surface area (Å²) < 4.78 is 0. The molecular weight excluding hydrogens is 160 g/mol. The Morgan fingerprint density at radius 3 is 2.58 bits per heavy atom. The van der Waals surface area contributed by atoms with Crippen LogP contribution < -0.4 is 5.32 Å². The highest BCUT2D eigenvalue weighted by molar-refractivity contribution is 5.77. The molecule has 12 heavy (non-hydrogen) atoms. The summed E-state index contributed by atoms with van der Waals surface area (Å²) >= 11 is 0. The van der Waals surface area contributed by atoms with E-state index in [1.807, 2.05) is 0 Å². The molecule has 0 aromatic carbocycles. The zero-order valence-corrected chi connectivity index (χ0v) is 7.45. The van der Waals surface area contributed by atoms with E-state index >= 15 is 0 Å². The number of rotatable bonds is 5. The molecule has 0 spiro atoms. The minimum absolute atomic E-state index is 0.0554. The maximum Gasteiger partial charge on any atom is 0.236 e.